The van der Waals surface area contributed by atoms with Gasteiger partial charge in [-0.05, 0) is 70.8 Å². The number of carbonyl (C=O) groups is 1. The molecule has 0 fully saturated rings. The van der Waals surface area contributed by atoms with Gasteiger partial charge in [-0.15, -0.1) is 0 Å². The molecule has 0 aliphatic carbocycles. The van der Waals surface area contributed by atoms with E-state index in [0.717, 1.165) is 25.0 Å². The van der Waals surface area contributed by atoms with Crippen LogP contribution in [0.3, 0.4) is 0 Å². The maximum atomic E-state index is 12.2. The fourth-order valence-corrected chi connectivity index (χ4v) is 3.79. The molecular weight excluding hydrogens is 406 g/mol. The fourth-order valence-electron chi connectivity index (χ4n) is 3.25. The Bertz CT molecular complexity index is 455. The molecule has 0 amide bonds. The molecule has 0 saturated carbocycles. The number of nitrogens with one attached hydrogen (secondary N) is 1. The Hall–Kier alpha value is -0.380. The first-order chi connectivity index (χ1) is 13.9. The molecule has 0 heterocycles. The molecule has 0 aliphatic heterocycles. The smallest absolute Gasteiger partial charge is 0.323 e. The summed E-state index contributed by atoms with van der Waals surface area (Å²) in [5, 5.41) is 23.2. The quantitative estimate of drug-likeness (QED) is 0.243. The predicted molar refractivity (Wildman–Crippen MR) is 122 cm³/mol. The van der Waals surface area contributed by atoms with Crippen LogP contribution < -0.4 is 5.32 Å². The van der Waals surface area contributed by atoms with Crippen molar-refractivity contribution in [1.82, 2.24) is 5.32 Å². The van der Waals surface area contributed by atoms with Gasteiger partial charge in [-0.2, -0.15) is 11.8 Å². The summed E-state index contributed by atoms with van der Waals surface area (Å²) >= 11 is 1.77. The summed E-state index contributed by atoms with van der Waals surface area (Å²) in [4.78, 5) is 12.2. The molecule has 0 spiro atoms. The average molecular weight is 452 g/mol. The lowest BCUT2D eigenvalue weighted by Crippen LogP contribution is -2.47. The lowest BCUT2D eigenvalue weighted by Gasteiger charge is -2.31. The zero-order valence-electron chi connectivity index (χ0n) is 20.1. The number of rotatable bonds is 16. The normalized spacial score (nSPS) is 17.4. The summed E-state index contributed by atoms with van der Waals surface area (Å²) in [7, 11) is 1.33. The third-order valence-corrected chi connectivity index (χ3v) is 5.26. The van der Waals surface area contributed by atoms with Gasteiger partial charge in [0.1, 0.15) is 6.04 Å². The van der Waals surface area contributed by atoms with Crippen molar-refractivity contribution in [2.24, 2.45) is 11.8 Å². The highest BCUT2D eigenvalue weighted by Crippen LogP contribution is 2.25. The van der Waals surface area contributed by atoms with Crippen molar-refractivity contribution in [3.8, 4) is 0 Å². The lowest BCUT2D eigenvalue weighted by molar-refractivity contribution is -0.190. The molecule has 0 saturated heterocycles. The van der Waals surface area contributed by atoms with Gasteiger partial charge in [0.25, 0.3) is 0 Å². The van der Waals surface area contributed by atoms with E-state index in [1.54, 1.807) is 18.7 Å². The van der Waals surface area contributed by atoms with Gasteiger partial charge < -0.3 is 24.4 Å². The zero-order chi connectivity index (χ0) is 23.3. The second-order valence-corrected chi connectivity index (χ2v) is 10.2. The molecule has 0 bridgehead atoms. The van der Waals surface area contributed by atoms with Crippen molar-refractivity contribution in [2.45, 2.75) is 97.5 Å². The second-order valence-electron chi connectivity index (χ2n) is 9.23. The molecule has 180 valence electrons. The Kier molecular flexibility index (Phi) is 15.2. The number of thioether (sulfide) groups is 1. The van der Waals surface area contributed by atoms with E-state index in [1.165, 1.54) is 7.11 Å². The molecule has 7 nitrogen and oxygen atoms in total. The molecule has 0 radical (unpaired) electrons. The van der Waals surface area contributed by atoms with Crippen LogP contribution in [-0.4, -0.2) is 72.2 Å². The standard InChI is InChI=1S/C22H45NO6S/c1-15(2)14-28-19(16(3)24)17(12-13-30-8)10-9-11-18(20(25)27-7)23-21(26)29-22(4,5)6/h15-19,21,23-24,26H,9-14H2,1-8H3/t16-,17+,18-,19-,21?/m0/s1. The Morgan fingerprint density at radius 1 is 1.10 bits per heavy atom. The van der Waals surface area contributed by atoms with E-state index in [9.17, 15) is 15.0 Å². The highest BCUT2D eigenvalue weighted by molar-refractivity contribution is 7.98. The number of esters is 1. The maximum absolute atomic E-state index is 12.2. The minimum Gasteiger partial charge on any atom is -0.468 e. The number of carbonyl (C=O) groups excluding carboxylic acids is 1. The van der Waals surface area contributed by atoms with Gasteiger partial charge in [0.2, 0.25) is 6.41 Å². The third-order valence-electron chi connectivity index (χ3n) is 4.62. The van der Waals surface area contributed by atoms with E-state index in [-0.39, 0.29) is 12.0 Å². The summed E-state index contributed by atoms with van der Waals surface area (Å²) in [6.45, 7) is 12.0. The average Bonchev–Trinajstić information content (AvgIpc) is 2.61. The number of hydrogen-bond acceptors (Lipinski definition) is 8. The largest absolute Gasteiger partial charge is 0.468 e. The van der Waals surface area contributed by atoms with Gasteiger partial charge in [-0.3, -0.25) is 10.1 Å². The molecular formula is C22H45NO6S. The van der Waals surface area contributed by atoms with Crippen LogP contribution in [0.1, 0.15) is 67.2 Å². The van der Waals surface area contributed by atoms with Crippen LogP contribution >= 0.6 is 11.8 Å². The van der Waals surface area contributed by atoms with Crippen molar-refractivity contribution in [1.29, 1.82) is 0 Å². The van der Waals surface area contributed by atoms with Crippen molar-refractivity contribution in [3.63, 3.8) is 0 Å². The monoisotopic (exact) mass is 451 g/mol. The summed E-state index contributed by atoms with van der Waals surface area (Å²) in [5.74, 6) is 1.13. The second kappa shape index (κ2) is 15.4. The minimum absolute atomic E-state index is 0.185. The third kappa shape index (κ3) is 13.8. The summed E-state index contributed by atoms with van der Waals surface area (Å²) in [6.07, 6.45) is 2.95. The Morgan fingerprint density at radius 2 is 1.73 bits per heavy atom. The molecule has 0 aliphatic rings. The van der Waals surface area contributed by atoms with Crippen molar-refractivity contribution >= 4 is 17.7 Å². The maximum Gasteiger partial charge on any atom is 0.323 e. The molecule has 0 rings (SSSR count). The van der Waals surface area contributed by atoms with Crippen LogP contribution in [-0.2, 0) is 19.0 Å². The van der Waals surface area contributed by atoms with E-state index in [0.29, 0.717) is 18.9 Å². The van der Waals surface area contributed by atoms with Crippen LogP contribution in [0.25, 0.3) is 0 Å². The van der Waals surface area contributed by atoms with E-state index in [2.05, 4.69) is 25.4 Å². The zero-order valence-corrected chi connectivity index (χ0v) is 21.0. The molecule has 3 N–H and O–H groups in total. The number of ether oxygens (including phenoxy) is 3. The van der Waals surface area contributed by atoms with Gasteiger partial charge in [0.15, 0.2) is 0 Å². The van der Waals surface area contributed by atoms with Gasteiger partial charge in [-0.1, -0.05) is 20.3 Å². The van der Waals surface area contributed by atoms with Crippen LogP contribution in [0.5, 0.6) is 0 Å². The molecule has 0 aromatic rings. The summed E-state index contributed by atoms with van der Waals surface area (Å²) in [6, 6.07) is -0.671. The number of methoxy groups -OCH3 is 1. The highest BCUT2D eigenvalue weighted by atomic mass is 32.2. The Labute approximate surface area is 187 Å². The van der Waals surface area contributed by atoms with Crippen LogP contribution in [0.4, 0.5) is 0 Å². The van der Waals surface area contributed by atoms with E-state index in [1.807, 2.05) is 20.8 Å². The van der Waals surface area contributed by atoms with Gasteiger partial charge in [0, 0.05) is 6.61 Å². The van der Waals surface area contributed by atoms with Crippen LogP contribution in [0.15, 0.2) is 0 Å². The first kappa shape index (κ1) is 29.6. The number of aliphatic hydroxyl groups is 2. The van der Waals surface area contributed by atoms with Gasteiger partial charge >= 0.3 is 5.97 Å². The van der Waals surface area contributed by atoms with E-state index < -0.39 is 30.1 Å². The predicted octanol–water partition coefficient (Wildman–Crippen LogP) is 3.17. The highest BCUT2D eigenvalue weighted by Gasteiger charge is 2.29. The van der Waals surface area contributed by atoms with Crippen molar-refractivity contribution < 1.29 is 29.2 Å². The molecule has 1 unspecified atom stereocenters. The Morgan fingerprint density at radius 3 is 2.20 bits per heavy atom. The number of hydrogen-bond donors (Lipinski definition) is 3. The van der Waals surface area contributed by atoms with Crippen LogP contribution in [0.2, 0.25) is 0 Å². The van der Waals surface area contributed by atoms with Crippen molar-refractivity contribution in [3.05, 3.63) is 0 Å². The topological polar surface area (TPSA) is 97.3 Å². The summed E-state index contributed by atoms with van der Waals surface area (Å²) < 4.78 is 16.4. The summed E-state index contributed by atoms with van der Waals surface area (Å²) in [5.41, 5.74) is -0.547. The minimum atomic E-state index is -1.26. The van der Waals surface area contributed by atoms with Gasteiger partial charge in [-0.25, -0.2) is 0 Å². The van der Waals surface area contributed by atoms with Crippen LogP contribution in [0, 0.1) is 11.8 Å². The first-order valence-electron chi connectivity index (χ1n) is 10.9. The molecule has 8 heteroatoms. The molecule has 5 atom stereocenters. The molecule has 0 aromatic carbocycles. The molecule has 30 heavy (non-hydrogen) atoms. The SMILES string of the molecule is COC(=O)[C@H](CCC[C@H](CCSC)[C@@H](OCC(C)C)[C@H](C)O)NC(O)OC(C)(C)C. The van der Waals surface area contributed by atoms with Crippen molar-refractivity contribution in [2.75, 3.05) is 25.7 Å². The van der Waals surface area contributed by atoms with E-state index >= 15 is 0 Å². The fraction of sp³-hybridized carbons (Fsp3) is 0.955. The number of aliphatic hydroxyl groups excluding tert-OH is 2. The molecule has 0 aromatic heterocycles. The lowest BCUT2D eigenvalue weighted by atomic mass is 9.89. The van der Waals surface area contributed by atoms with E-state index in [4.69, 9.17) is 14.2 Å². The van der Waals surface area contributed by atoms with Gasteiger partial charge in [0.05, 0.1) is 24.9 Å². The first-order valence-corrected chi connectivity index (χ1v) is 12.3. The Balaban J connectivity index is 4.98.